The minimum Gasteiger partial charge on any atom is -0.508 e. The van der Waals surface area contributed by atoms with Crippen LogP contribution in [-0.2, 0) is 4.79 Å². The number of rotatable bonds is 5. The number of hydrogen-bond donors (Lipinski definition) is 2. The van der Waals surface area contributed by atoms with E-state index < -0.39 is 0 Å². The molecule has 0 aliphatic rings. The van der Waals surface area contributed by atoms with Crippen molar-refractivity contribution in [3.63, 3.8) is 0 Å². The smallest absolute Gasteiger partial charge is 0.224 e. The molecule has 4 nitrogen and oxygen atoms in total. The Kier molecular flexibility index (Phi) is 6.29. The number of benzene rings is 2. The number of anilines is 1. The first-order chi connectivity index (χ1) is 11.3. The maximum Gasteiger partial charge on any atom is 0.224 e. The van der Waals surface area contributed by atoms with Crippen molar-refractivity contribution in [3.8, 4) is 17.2 Å². The second-order valence-corrected chi connectivity index (χ2v) is 7.36. The lowest BCUT2D eigenvalue weighted by Gasteiger charge is -2.15. The van der Waals surface area contributed by atoms with Crippen molar-refractivity contribution in [2.75, 3.05) is 5.32 Å². The Balaban J connectivity index is 2.30. The van der Waals surface area contributed by atoms with Gasteiger partial charge in [-0.3, -0.25) is 4.79 Å². The molecule has 0 spiro atoms. The predicted octanol–water partition coefficient (Wildman–Crippen LogP) is 6.18. The lowest BCUT2D eigenvalue weighted by atomic mass is 10.0. The first-order valence-corrected chi connectivity index (χ1v) is 9.20. The molecule has 0 heterocycles. The van der Waals surface area contributed by atoms with E-state index in [-0.39, 0.29) is 17.6 Å². The zero-order chi connectivity index (χ0) is 17.9. The summed E-state index contributed by atoms with van der Waals surface area (Å²) in [7, 11) is 0. The van der Waals surface area contributed by atoms with Crippen molar-refractivity contribution in [1.29, 1.82) is 0 Å². The molecule has 2 N–H and O–H groups in total. The molecule has 128 valence electrons. The second-order valence-electron chi connectivity index (χ2n) is 5.65. The number of carbonyl (C=O) groups excluding carboxylic acids is 1. The molecule has 0 aliphatic carbocycles. The van der Waals surface area contributed by atoms with E-state index in [1.807, 2.05) is 19.9 Å². The van der Waals surface area contributed by atoms with E-state index in [1.54, 1.807) is 31.2 Å². The van der Waals surface area contributed by atoms with Gasteiger partial charge in [-0.1, -0.05) is 20.8 Å². The molecule has 0 unspecified atom stereocenters. The van der Waals surface area contributed by atoms with Crippen molar-refractivity contribution in [1.82, 2.24) is 0 Å². The average molecular weight is 457 g/mol. The molecule has 0 saturated carbocycles. The van der Waals surface area contributed by atoms with Gasteiger partial charge in [-0.2, -0.15) is 0 Å². The van der Waals surface area contributed by atoms with Crippen molar-refractivity contribution in [2.24, 2.45) is 0 Å². The molecule has 2 aromatic carbocycles. The third-order valence-corrected chi connectivity index (χ3v) is 4.62. The summed E-state index contributed by atoms with van der Waals surface area (Å²) in [5, 5.41) is 12.7. The Morgan fingerprint density at radius 1 is 1.21 bits per heavy atom. The minimum atomic E-state index is -0.0532. The van der Waals surface area contributed by atoms with Crippen LogP contribution in [0.15, 0.2) is 39.3 Å². The highest BCUT2D eigenvalue weighted by Gasteiger charge is 2.13. The quantitative estimate of drug-likeness (QED) is 0.564. The number of halogens is 2. The van der Waals surface area contributed by atoms with Crippen LogP contribution in [0.2, 0.25) is 0 Å². The third kappa shape index (κ3) is 4.51. The monoisotopic (exact) mass is 455 g/mol. The third-order valence-electron chi connectivity index (χ3n) is 3.44. The van der Waals surface area contributed by atoms with Crippen LogP contribution < -0.4 is 10.1 Å². The van der Waals surface area contributed by atoms with Gasteiger partial charge in [-0.05, 0) is 68.1 Å². The SMILES string of the molecule is CCC(=O)Nc1cc(Br)c(Oc2ccc(O)c(C(C)C)c2)c(Br)c1. The Morgan fingerprint density at radius 2 is 1.83 bits per heavy atom. The first kappa shape index (κ1) is 18.8. The summed E-state index contributed by atoms with van der Waals surface area (Å²) in [4.78, 5) is 11.5. The van der Waals surface area contributed by atoms with Crippen molar-refractivity contribution in [2.45, 2.75) is 33.1 Å². The van der Waals surface area contributed by atoms with Crippen molar-refractivity contribution in [3.05, 3.63) is 44.8 Å². The topological polar surface area (TPSA) is 58.6 Å². The highest BCUT2D eigenvalue weighted by Crippen LogP contribution is 2.40. The minimum absolute atomic E-state index is 0.0532. The molecule has 0 saturated heterocycles. The van der Waals surface area contributed by atoms with Gasteiger partial charge in [0.15, 0.2) is 5.75 Å². The lowest BCUT2D eigenvalue weighted by molar-refractivity contribution is -0.115. The van der Waals surface area contributed by atoms with Gasteiger partial charge in [0.2, 0.25) is 5.91 Å². The Labute approximate surface area is 158 Å². The molecule has 6 heteroatoms. The van der Waals surface area contributed by atoms with E-state index in [2.05, 4.69) is 37.2 Å². The van der Waals surface area contributed by atoms with Crippen LogP contribution in [0.25, 0.3) is 0 Å². The number of nitrogens with one attached hydrogen (secondary N) is 1. The molecule has 0 radical (unpaired) electrons. The number of amides is 1. The molecule has 2 aromatic rings. The Morgan fingerprint density at radius 3 is 2.38 bits per heavy atom. The molecule has 2 rings (SSSR count). The number of hydrogen-bond acceptors (Lipinski definition) is 3. The number of aromatic hydroxyl groups is 1. The Bertz CT molecular complexity index is 737. The molecule has 0 atom stereocenters. The predicted molar refractivity (Wildman–Crippen MR) is 103 cm³/mol. The fourth-order valence-electron chi connectivity index (χ4n) is 2.16. The van der Waals surface area contributed by atoms with Gasteiger partial charge in [0.25, 0.3) is 0 Å². The summed E-state index contributed by atoms with van der Waals surface area (Å²) in [6.45, 7) is 5.82. The van der Waals surface area contributed by atoms with Gasteiger partial charge >= 0.3 is 0 Å². The fraction of sp³-hybridized carbons (Fsp3) is 0.278. The Hall–Kier alpha value is -1.53. The maximum atomic E-state index is 11.5. The van der Waals surface area contributed by atoms with Crippen molar-refractivity contribution >= 4 is 43.5 Å². The molecule has 1 amide bonds. The summed E-state index contributed by atoms with van der Waals surface area (Å²) in [5.74, 6) is 1.62. The molecule has 0 fully saturated rings. The van der Waals surface area contributed by atoms with E-state index >= 15 is 0 Å². The van der Waals surface area contributed by atoms with Crippen LogP contribution in [0.4, 0.5) is 5.69 Å². The van der Waals surface area contributed by atoms with Gasteiger partial charge in [-0.15, -0.1) is 0 Å². The van der Waals surface area contributed by atoms with Crippen LogP contribution in [0, 0.1) is 0 Å². The van der Waals surface area contributed by atoms with Gasteiger partial charge in [0, 0.05) is 17.7 Å². The highest BCUT2D eigenvalue weighted by atomic mass is 79.9. The second kappa shape index (κ2) is 8.03. The maximum absolute atomic E-state index is 11.5. The summed E-state index contributed by atoms with van der Waals surface area (Å²) in [5.41, 5.74) is 1.51. The number of phenolic OH excluding ortho intramolecular Hbond substituents is 1. The largest absolute Gasteiger partial charge is 0.508 e. The number of phenols is 1. The molecule has 0 bridgehead atoms. The van der Waals surface area contributed by atoms with Crippen LogP contribution in [0.3, 0.4) is 0 Å². The zero-order valence-electron chi connectivity index (χ0n) is 13.7. The lowest BCUT2D eigenvalue weighted by Crippen LogP contribution is -2.09. The molecular weight excluding hydrogens is 438 g/mol. The van der Waals surface area contributed by atoms with E-state index in [4.69, 9.17) is 4.74 Å². The molecule has 0 aliphatic heterocycles. The van der Waals surface area contributed by atoms with E-state index in [0.29, 0.717) is 32.6 Å². The normalized spacial score (nSPS) is 10.8. The fourth-order valence-corrected chi connectivity index (χ4v) is 3.50. The van der Waals surface area contributed by atoms with Crippen LogP contribution >= 0.6 is 31.9 Å². The van der Waals surface area contributed by atoms with E-state index in [9.17, 15) is 9.90 Å². The number of ether oxygens (including phenoxy) is 1. The number of carbonyl (C=O) groups is 1. The van der Waals surface area contributed by atoms with Crippen molar-refractivity contribution < 1.29 is 14.6 Å². The van der Waals surface area contributed by atoms with Crippen LogP contribution in [-0.4, -0.2) is 11.0 Å². The first-order valence-electron chi connectivity index (χ1n) is 7.61. The summed E-state index contributed by atoms with van der Waals surface area (Å²) in [6, 6.07) is 8.75. The van der Waals surface area contributed by atoms with Gasteiger partial charge in [0.05, 0.1) is 8.95 Å². The van der Waals surface area contributed by atoms with Crippen LogP contribution in [0.5, 0.6) is 17.2 Å². The molecule has 0 aromatic heterocycles. The van der Waals surface area contributed by atoms with Gasteiger partial charge in [0.1, 0.15) is 11.5 Å². The summed E-state index contributed by atoms with van der Waals surface area (Å²) < 4.78 is 7.38. The summed E-state index contributed by atoms with van der Waals surface area (Å²) >= 11 is 6.95. The summed E-state index contributed by atoms with van der Waals surface area (Å²) in [6.07, 6.45) is 0.416. The van der Waals surface area contributed by atoms with E-state index in [0.717, 1.165) is 5.56 Å². The molecular formula is C18H19Br2NO3. The average Bonchev–Trinajstić information content (AvgIpc) is 2.52. The van der Waals surface area contributed by atoms with Crippen LogP contribution in [0.1, 0.15) is 38.7 Å². The van der Waals surface area contributed by atoms with Gasteiger partial charge < -0.3 is 15.2 Å². The highest BCUT2D eigenvalue weighted by molar-refractivity contribution is 9.11. The van der Waals surface area contributed by atoms with Gasteiger partial charge in [-0.25, -0.2) is 0 Å². The molecule has 24 heavy (non-hydrogen) atoms. The van der Waals surface area contributed by atoms with E-state index in [1.165, 1.54) is 0 Å². The standard InChI is InChI=1S/C18H19Br2NO3/c1-4-17(23)21-11-7-14(19)18(15(20)8-11)24-12-5-6-16(22)13(9-12)10(2)3/h5-10,22H,4H2,1-3H3,(H,21,23). The zero-order valence-corrected chi connectivity index (χ0v) is 16.9.